The van der Waals surface area contributed by atoms with Crippen LogP contribution in [0.25, 0.3) is 0 Å². The summed E-state index contributed by atoms with van der Waals surface area (Å²) in [6.07, 6.45) is 4.52. The molecule has 2 aromatic rings. The van der Waals surface area contributed by atoms with Gasteiger partial charge in [0.25, 0.3) is 0 Å². The first-order valence-electron chi connectivity index (χ1n) is 13.7. The third kappa shape index (κ3) is 5.03. The van der Waals surface area contributed by atoms with E-state index in [0.717, 1.165) is 42.7 Å². The molecular formula is C32H37NO7. The lowest BCUT2D eigenvalue weighted by Crippen LogP contribution is -2.42. The molecule has 1 saturated carbocycles. The van der Waals surface area contributed by atoms with E-state index in [1.165, 1.54) is 7.11 Å². The monoisotopic (exact) mass is 547 g/mol. The Labute approximate surface area is 235 Å². The lowest BCUT2D eigenvalue weighted by molar-refractivity contribution is -0.153. The third-order valence-corrected chi connectivity index (χ3v) is 8.30. The van der Waals surface area contributed by atoms with Crippen LogP contribution in [0, 0.1) is 5.92 Å². The molecule has 0 saturated heterocycles. The molecule has 8 heteroatoms. The van der Waals surface area contributed by atoms with Gasteiger partial charge in [-0.05, 0) is 61.4 Å². The zero-order chi connectivity index (χ0) is 28.4. The van der Waals surface area contributed by atoms with Crippen LogP contribution in [0.15, 0.2) is 59.9 Å². The molecule has 1 fully saturated rings. The molecule has 2 aliphatic carbocycles. The summed E-state index contributed by atoms with van der Waals surface area (Å²) in [6.45, 7) is 4.26. The number of carbonyl (C=O) groups is 2. The van der Waals surface area contributed by atoms with Gasteiger partial charge in [0.15, 0.2) is 17.3 Å². The smallest absolute Gasteiger partial charge is 0.316 e. The van der Waals surface area contributed by atoms with E-state index in [0.29, 0.717) is 46.9 Å². The average molecular weight is 548 g/mol. The van der Waals surface area contributed by atoms with Gasteiger partial charge in [-0.2, -0.15) is 0 Å². The first kappa shape index (κ1) is 27.6. The van der Waals surface area contributed by atoms with Crippen LogP contribution in [-0.4, -0.2) is 46.3 Å². The molecule has 1 aliphatic heterocycles. The number of benzene rings is 2. The second-order valence-corrected chi connectivity index (χ2v) is 10.6. The van der Waals surface area contributed by atoms with Crippen LogP contribution in [0.2, 0.25) is 0 Å². The lowest BCUT2D eigenvalue weighted by Gasteiger charge is -2.40. The van der Waals surface area contributed by atoms with Crippen LogP contribution in [0.4, 0.5) is 0 Å². The quantitative estimate of drug-likeness (QED) is 0.438. The minimum absolute atomic E-state index is 0.0328. The number of para-hydroxylation sites is 1. The fourth-order valence-corrected chi connectivity index (χ4v) is 6.44. The summed E-state index contributed by atoms with van der Waals surface area (Å²) in [4.78, 5) is 27.8. The number of esters is 1. The number of allylic oxidation sites excluding steroid dienone is 2. The molecule has 0 aromatic heterocycles. The van der Waals surface area contributed by atoms with E-state index in [2.05, 4.69) is 11.9 Å². The van der Waals surface area contributed by atoms with E-state index in [9.17, 15) is 9.59 Å². The molecule has 1 N–H and O–H groups in total. The number of hydrogen-bond acceptors (Lipinski definition) is 8. The summed E-state index contributed by atoms with van der Waals surface area (Å²) in [5.41, 5.74) is 3.52. The Morgan fingerprint density at radius 2 is 1.55 bits per heavy atom. The summed E-state index contributed by atoms with van der Waals surface area (Å²) in [5, 5.41) is 3.36. The summed E-state index contributed by atoms with van der Waals surface area (Å²) in [5.74, 6) is 0.160. The maximum Gasteiger partial charge on any atom is 0.316 e. The minimum atomic E-state index is -0.797. The number of ketones is 1. The van der Waals surface area contributed by atoms with E-state index in [-0.39, 0.29) is 23.8 Å². The Hall–Kier alpha value is -3.94. The average Bonchev–Trinajstić information content (AvgIpc) is 3.48. The molecular weight excluding hydrogens is 510 g/mol. The number of rotatable bonds is 8. The normalized spacial score (nSPS) is 22.9. The maximum absolute atomic E-state index is 14.0. The van der Waals surface area contributed by atoms with Crippen molar-refractivity contribution >= 4 is 11.8 Å². The van der Waals surface area contributed by atoms with E-state index in [1.807, 2.05) is 36.4 Å². The summed E-state index contributed by atoms with van der Waals surface area (Å²) in [7, 11) is 6.26. The van der Waals surface area contributed by atoms with Crippen molar-refractivity contribution in [2.45, 2.75) is 56.5 Å². The van der Waals surface area contributed by atoms with Gasteiger partial charge in [0.2, 0.25) is 5.75 Å². The van der Waals surface area contributed by atoms with Crippen LogP contribution >= 0.6 is 0 Å². The van der Waals surface area contributed by atoms with Crippen molar-refractivity contribution in [2.75, 3.05) is 28.4 Å². The SMILES string of the molecule is C=C1NC2=C(C(=O)CC(c3ccccc3OC)C2)C(c2cc(OC)c(OC)c(OC)c2)C1C(=O)OC1CCCC1. The van der Waals surface area contributed by atoms with Crippen molar-refractivity contribution in [3.8, 4) is 23.0 Å². The molecule has 2 aromatic carbocycles. The Kier molecular flexibility index (Phi) is 8.05. The van der Waals surface area contributed by atoms with Crippen molar-refractivity contribution in [3.05, 3.63) is 71.1 Å². The Morgan fingerprint density at radius 3 is 2.17 bits per heavy atom. The number of Topliss-reactive ketones (excluding diaryl/α,β-unsaturated/α-hetero) is 1. The van der Waals surface area contributed by atoms with Crippen molar-refractivity contribution in [1.82, 2.24) is 5.32 Å². The molecule has 3 atom stereocenters. The van der Waals surface area contributed by atoms with Crippen LogP contribution in [0.3, 0.4) is 0 Å². The van der Waals surface area contributed by atoms with Gasteiger partial charge in [0.05, 0.1) is 28.4 Å². The van der Waals surface area contributed by atoms with Crippen molar-refractivity contribution in [3.63, 3.8) is 0 Å². The topological polar surface area (TPSA) is 92.3 Å². The van der Waals surface area contributed by atoms with Gasteiger partial charge < -0.3 is 29.0 Å². The fraction of sp³-hybridized carbons (Fsp3) is 0.438. The van der Waals surface area contributed by atoms with Crippen molar-refractivity contribution in [2.24, 2.45) is 5.92 Å². The molecule has 212 valence electrons. The number of methoxy groups -OCH3 is 4. The zero-order valence-corrected chi connectivity index (χ0v) is 23.6. The molecule has 8 nitrogen and oxygen atoms in total. The highest BCUT2D eigenvalue weighted by molar-refractivity contribution is 6.01. The van der Waals surface area contributed by atoms with Gasteiger partial charge in [-0.15, -0.1) is 0 Å². The molecule has 40 heavy (non-hydrogen) atoms. The van der Waals surface area contributed by atoms with Crippen molar-refractivity contribution in [1.29, 1.82) is 0 Å². The fourth-order valence-electron chi connectivity index (χ4n) is 6.44. The lowest BCUT2D eigenvalue weighted by atomic mass is 9.69. The third-order valence-electron chi connectivity index (χ3n) is 8.30. The molecule has 3 aliphatic rings. The maximum atomic E-state index is 14.0. The number of hydrogen-bond donors (Lipinski definition) is 1. The second-order valence-electron chi connectivity index (χ2n) is 10.6. The van der Waals surface area contributed by atoms with Gasteiger partial charge in [0.1, 0.15) is 17.8 Å². The highest BCUT2D eigenvalue weighted by atomic mass is 16.5. The second kappa shape index (κ2) is 11.7. The standard InChI is InChI=1S/C32H37NO7/c1-18-28(32(35)40-21-10-6-7-11-21)29(20-16-26(37-3)31(39-5)27(17-20)38-4)30-23(33-18)14-19(15-24(30)34)22-12-8-9-13-25(22)36-2/h8-9,12-13,16-17,19,21,28-29,33H,1,6-7,10-11,14-15H2,2-5H3. The highest BCUT2D eigenvalue weighted by Gasteiger charge is 2.46. The number of ether oxygens (including phenoxy) is 5. The number of carbonyl (C=O) groups excluding carboxylic acids is 2. The molecule has 1 heterocycles. The first-order valence-corrected chi connectivity index (χ1v) is 13.7. The highest BCUT2D eigenvalue weighted by Crippen LogP contribution is 2.51. The van der Waals surface area contributed by atoms with Crippen LogP contribution < -0.4 is 24.3 Å². The largest absolute Gasteiger partial charge is 0.496 e. The van der Waals surface area contributed by atoms with Crippen LogP contribution in [-0.2, 0) is 14.3 Å². The minimum Gasteiger partial charge on any atom is -0.496 e. The zero-order valence-electron chi connectivity index (χ0n) is 23.6. The van der Waals surface area contributed by atoms with Gasteiger partial charge >= 0.3 is 5.97 Å². The molecule has 0 bridgehead atoms. The molecule has 5 rings (SSSR count). The van der Waals surface area contributed by atoms with Gasteiger partial charge in [-0.25, -0.2) is 0 Å². The summed E-state index contributed by atoms with van der Waals surface area (Å²) >= 11 is 0. The van der Waals surface area contributed by atoms with Gasteiger partial charge in [-0.1, -0.05) is 24.8 Å². The van der Waals surface area contributed by atoms with E-state index >= 15 is 0 Å². The van der Waals surface area contributed by atoms with Crippen LogP contribution in [0.1, 0.15) is 61.5 Å². The van der Waals surface area contributed by atoms with Crippen molar-refractivity contribution < 1.29 is 33.3 Å². The molecule has 3 unspecified atom stereocenters. The van der Waals surface area contributed by atoms with Gasteiger partial charge in [0, 0.05) is 35.2 Å². The first-order chi connectivity index (χ1) is 19.4. The molecule has 0 amide bonds. The predicted molar refractivity (Wildman–Crippen MR) is 150 cm³/mol. The van der Waals surface area contributed by atoms with E-state index in [4.69, 9.17) is 23.7 Å². The van der Waals surface area contributed by atoms with E-state index in [1.54, 1.807) is 21.3 Å². The Balaban J connectivity index is 1.62. The Morgan fingerprint density at radius 1 is 0.900 bits per heavy atom. The molecule has 0 spiro atoms. The molecule has 0 radical (unpaired) electrons. The summed E-state index contributed by atoms with van der Waals surface area (Å²) < 4.78 is 28.4. The predicted octanol–water partition coefficient (Wildman–Crippen LogP) is 5.42. The Bertz CT molecular complexity index is 1320. The van der Waals surface area contributed by atoms with Gasteiger partial charge in [-0.3, -0.25) is 9.59 Å². The van der Waals surface area contributed by atoms with Crippen LogP contribution in [0.5, 0.6) is 23.0 Å². The van der Waals surface area contributed by atoms with E-state index < -0.39 is 11.8 Å². The number of nitrogens with one attached hydrogen (secondary N) is 1. The summed E-state index contributed by atoms with van der Waals surface area (Å²) in [6, 6.07) is 11.4.